The van der Waals surface area contributed by atoms with Crippen LogP contribution in [0.15, 0.2) is 36.7 Å². The van der Waals surface area contributed by atoms with Crippen LogP contribution in [0.25, 0.3) is 0 Å². The van der Waals surface area contributed by atoms with Gasteiger partial charge in [0.05, 0.1) is 19.0 Å². The second-order valence-corrected chi connectivity index (χ2v) is 5.93. The van der Waals surface area contributed by atoms with Crippen molar-refractivity contribution in [3.05, 3.63) is 42.2 Å². The molecule has 2 amide bonds. The number of carbonyl (C=O) groups is 1. The first-order chi connectivity index (χ1) is 12.3. The Kier molecular flexibility index (Phi) is 5.66. The second kappa shape index (κ2) is 8.32. The number of hydrogen-bond donors (Lipinski definition) is 2. The number of aromatic nitrogens is 2. The smallest absolute Gasteiger partial charge is 0.319 e. The van der Waals surface area contributed by atoms with Crippen LogP contribution in [0.4, 0.5) is 16.3 Å². The Morgan fingerprint density at radius 2 is 2.04 bits per heavy atom. The highest BCUT2D eigenvalue weighted by molar-refractivity contribution is 5.89. The third kappa shape index (κ3) is 4.59. The molecule has 2 N–H and O–H groups in total. The van der Waals surface area contributed by atoms with E-state index in [0.717, 1.165) is 24.5 Å². The van der Waals surface area contributed by atoms with Crippen molar-refractivity contribution in [2.24, 2.45) is 0 Å². The number of urea groups is 1. The number of nitrogens with zero attached hydrogens (tertiary/aromatic N) is 3. The van der Waals surface area contributed by atoms with Crippen LogP contribution in [0.5, 0.6) is 5.88 Å². The molecule has 0 radical (unpaired) electrons. The molecule has 0 saturated carbocycles. The molecule has 0 bridgehead atoms. The van der Waals surface area contributed by atoms with Crippen molar-refractivity contribution in [3.63, 3.8) is 0 Å². The molecule has 1 aliphatic rings. The van der Waals surface area contributed by atoms with Gasteiger partial charge in [-0.05, 0) is 37.5 Å². The van der Waals surface area contributed by atoms with Crippen LogP contribution in [-0.4, -0.2) is 36.2 Å². The predicted molar refractivity (Wildman–Crippen MR) is 96.9 cm³/mol. The van der Waals surface area contributed by atoms with Gasteiger partial charge in [0.2, 0.25) is 5.88 Å². The predicted octanol–water partition coefficient (Wildman–Crippen LogP) is 2.80. The van der Waals surface area contributed by atoms with Gasteiger partial charge in [0.1, 0.15) is 5.82 Å². The molecule has 3 rings (SSSR count). The Hall–Kier alpha value is -2.83. The van der Waals surface area contributed by atoms with Gasteiger partial charge in [-0.2, -0.15) is 0 Å². The Balaban J connectivity index is 1.52. The third-order valence-corrected chi connectivity index (χ3v) is 4.17. The quantitative estimate of drug-likeness (QED) is 0.874. The fourth-order valence-corrected chi connectivity index (χ4v) is 2.86. The molecule has 7 heteroatoms. The molecule has 1 saturated heterocycles. The second-order valence-electron chi connectivity index (χ2n) is 5.93. The van der Waals surface area contributed by atoms with Crippen LogP contribution in [0.3, 0.4) is 0 Å². The number of methoxy groups -OCH3 is 1. The lowest BCUT2D eigenvalue weighted by Gasteiger charge is -2.27. The van der Waals surface area contributed by atoms with Crippen LogP contribution in [0.1, 0.15) is 24.8 Å². The number of anilines is 2. The number of hydrogen-bond acceptors (Lipinski definition) is 5. The summed E-state index contributed by atoms with van der Waals surface area (Å²) in [6, 6.07) is 7.20. The van der Waals surface area contributed by atoms with Gasteiger partial charge >= 0.3 is 6.03 Å². The first kappa shape index (κ1) is 17.0. The monoisotopic (exact) mass is 341 g/mol. The molecular weight excluding hydrogens is 318 g/mol. The highest BCUT2D eigenvalue weighted by atomic mass is 16.5. The number of piperidine rings is 1. The maximum atomic E-state index is 12.1. The van der Waals surface area contributed by atoms with Crippen molar-refractivity contribution in [3.8, 4) is 5.88 Å². The van der Waals surface area contributed by atoms with E-state index in [4.69, 9.17) is 4.74 Å². The number of ether oxygens (including phenoxy) is 1. The van der Waals surface area contributed by atoms with E-state index >= 15 is 0 Å². The van der Waals surface area contributed by atoms with E-state index in [1.807, 2.05) is 18.2 Å². The van der Waals surface area contributed by atoms with Crippen LogP contribution in [0, 0.1) is 0 Å². The minimum Gasteiger partial charge on any atom is -0.481 e. The zero-order valence-corrected chi connectivity index (χ0v) is 14.4. The summed E-state index contributed by atoms with van der Waals surface area (Å²) in [6.07, 6.45) is 7.05. The van der Waals surface area contributed by atoms with Gasteiger partial charge in [-0.25, -0.2) is 14.8 Å². The first-order valence-electron chi connectivity index (χ1n) is 8.50. The maximum absolute atomic E-state index is 12.1. The fraction of sp³-hybridized carbons (Fsp3) is 0.389. The summed E-state index contributed by atoms with van der Waals surface area (Å²) in [4.78, 5) is 22.9. The summed E-state index contributed by atoms with van der Waals surface area (Å²) < 4.78 is 5.17. The Morgan fingerprint density at radius 1 is 1.20 bits per heavy atom. The van der Waals surface area contributed by atoms with Crippen molar-refractivity contribution >= 4 is 17.5 Å². The van der Waals surface area contributed by atoms with Gasteiger partial charge in [-0.1, -0.05) is 6.07 Å². The van der Waals surface area contributed by atoms with E-state index < -0.39 is 0 Å². The molecular formula is C18H23N5O2. The van der Waals surface area contributed by atoms with Gasteiger partial charge in [0.25, 0.3) is 0 Å². The number of carbonyl (C=O) groups excluding carboxylic acids is 1. The lowest BCUT2D eigenvalue weighted by molar-refractivity contribution is 0.251. The summed E-state index contributed by atoms with van der Waals surface area (Å²) in [7, 11) is 1.56. The van der Waals surface area contributed by atoms with Crippen LogP contribution in [0.2, 0.25) is 0 Å². The van der Waals surface area contributed by atoms with Gasteiger partial charge in [0.15, 0.2) is 0 Å². The summed E-state index contributed by atoms with van der Waals surface area (Å²) in [5.41, 5.74) is 1.48. The molecule has 2 aromatic rings. The van der Waals surface area contributed by atoms with Gasteiger partial charge in [0, 0.05) is 31.4 Å². The minimum atomic E-state index is -0.293. The van der Waals surface area contributed by atoms with E-state index in [0.29, 0.717) is 18.1 Å². The number of nitrogens with one attached hydrogen (secondary N) is 2. The molecule has 3 heterocycles. The summed E-state index contributed by atoms with van der Waals surface area (Å²) >= 11 is 0. The molecule has 7 nitrogen and oxygen atoms in total. The van der Waals surface area contributed by atoms with Gasteiger partial charge < -0.3 is 20.3 Å². The van der Waals surface area contributed by atoms with Crippen LogP contribution < -0.4 is 20.3 Å². The van der Waals surface area contributed by atoms with Crippen molar-refractivity contribution < 1.29 is 9.53 Å². The minimum absolute atomic E-state index is 0.293. The van der Waals surface area contributed by atoms with Crippen molar-refractivity contribution in [2.75, 3.05) is 30.4 Å². The highest BCUT2D eigenvalue weighted by Crippen LogP contribution is 2.19. The SMILES string of the molecule is COc1ncccc1CNC(=O)Nc1ccc(N2CCCCC2)nc1. The summed E-state index contributed by atoms with van der Waals surface area (Å²) in [5, 5.41) is 5.58. The first-order valence-corrected chi connectivity index (χ1v) is 8.50. The Labute approximate surface area is 147 Å². The lowest BCUT2D eigenvalue weighted by Crippen LogP contribution is -2.30. The van der Waals surface area contributed by atoms with Crippen molar-refractivity contribution in [2.45, 2.75) is 25.8 Å². The molecule has 0 aliphatic carbocycles. The average Bonchev–Trinajstić information content (AvgIpc) is 2.68. The zero-order valence-electron chi connectivity index (χ0n) is 14.4. The molecule has 1 fully saturated rings. The number of amides is 2. The number of pyridine rings is 2. The topological polar surface area (TPSA) is 79.4 Å². The number of rotatable bonds is 5. The average molecular weight is 341 g/mol. The largest absolute Gasteiger partial charge is 0.481 e. The highest BCUT2D eigenvalue weighted by Gasteiger charge is 2.12. The van der Waals surface area contributed by atoms with Gasteiger partial charge in [-0.3, -0.25) is 0 Å². The summed E-state index contributed by atoms with van der Waals surface area (Å²) in [5.74, 6) is 1.47. The van der Waals surface area contributed by atoms with E-state index in [2.05, 4.69) is 25.5 Å². The van der Waals surface area contributed by atoms with E-state index in [-0.39, 0.29) is 6.03 Å². The van der Waals surface area contributed by atoms with Crippen molar-refractivity contribution in [1.82, 2.24) is 15.3 Å². The van der Waals surface area contributed by atoms with E-state index in [9.17, 15) is 4.79 Å². The maximum Gasteiger partial charge on any atom is 0.319 e. The van der Waals surface area contributed by atoms with Crippen molar-refractivity contribution in [1.29, 1.82) is 0 Å². The molecule has 2 aromatic heterocycles. The van der Waals surface area contributed by atoms with Gasteiger partial charge in [-0.15, -0.1) is 0 Å². The Bertz CT molecular complexity index is 699. The van der Waals surface area contributed by atoms with Crippen LogP contribution >= 0.6 is 0 Å². The molecule has 25 heavy (non-hydrogen) atoms. The van der Waals surface area contributed by atoms with Crippen LogP contribution in [-0.2, 0) is 6.54 Å². The molecule has 1 aliphatic heterocycles. The molecule has 132 valence electrons. The Morgan fingerprint density at radius 3 is 2.76 bits per heavy atom. The zero-order chi connectivity index (χ0) is 17.5. The fourth-order valence-electron chi connectivity index (χ4n) is 2.86. The standard InChI is InChI=1S/C18H23N5O2/c1-25-17-14(6-5-9-19-17)12-21-18(24)22-15-7-8-16(20-13-15)23-10-3-2-4-11-23/h5-9,13H,2-4,10-12H2,1H3,(H2,21,22,24). The lowest BCUT2D eigenvalue weighted by atomic mass is 10.1. The van der Waals surface area contributed by atoms with E-state index in [1.165, 1.54) is 19.3 Å². The molecule has 0 aromatic carbocycles. The molecule has 0 unspecified atom stereocenters. The normalized spacial score (nSPS) is 14.0. The summed E-state index contributed by atoms with van der Waals surface area (Å²) in [6.45, 7) is 2.43. The molecule has 0 atom stereocenters. The van der Waals surface area contributed by atoms with E-state index in [1.54, 1.807) is 25.6 Å². The molecule has 0 spiro atoms. The third-order valence-electron chi connectivity index (χ3n) is 4.17.